The highest BCUT2D eigenvalue weighted by molar-refractivity contribution is 7.91. The number of benzene rings is 1. The van der Waals surface area contributed by atoms with Crippen LogP contribution in [0.2, 0.25) is 0 Å². The molecule has 2 aromatic rings. The van der Waals surface area contributed by atoms with Crippen molar-refractivity contribution >= 4 is 38.5 Å². The fourth-order valence-corrected chi connectivity index (χ4v) is 9.28. The average molecular weight is 697 g/mol. The van der Waals surface area contributed by atoms with Crippen LogP contribution in [0.4, 0.5) is 0 Å². The maximum Gasteiger partial charge on any atom is 0.259 e. The summed E-state index contributed by atoms with van der Waals surface area (Å²) in [6.45, 7) is 6.18. The van der Waals surface area contributed by atoms with E-state index in [1.54, 1.807) is 38.3 Å². The van der Waals surface area contributed by atoms with Gasteiger partial charge in [-0.1, -0.05) is 32.9 Å². The van der Waals surface area contributed by atoms with E-state index in [0.717, 1.165) is 24.6 Å². The van der Waals surface area contributed by atoms with Gasteiger partial charge in [-0.05, 0) is 75.0 Å². The fourth-order valence-electron chi connectivity index (χ4n) is 7.62. The molecule has 0 unspecified atom stereocenters. The summed E-state index contributed by atoms with van der Waals surface area (Å²) in [7, 11) is -0.799. The zero-order chi connectivity index (χ0) is 35.1. The van der Waals surface area contributed by atoms with Gasteiger partial charge in [-0.25, -0.2) is 13.4 Å². The van der Waals surface area contributed by atoms with Gasteiger partial charge in [0, 0.05) is 29.5 Å². The molecule has 3 fully saturated rings. The summed E-state index contributed by atoms with van der Waals surface area (Å²) < 4.78 is 45.3. The van der Waals surface area contributed by atoms with Crippen LogP contribution in [0.15, 0.2) is 36.5 Å². The van der Waals surface area contributed by atoms with Gasteiger partial charge in [0.1, 0.15) is 29.2 Å². The van der Waals surface area contributed by atoms with E-state index < -0.39 is 44.3 Å². The normalized spacial score (nSPS) is 30.6. The van der Waals surface area contributed by atoms with Crippen molar-refractivity contribution in [2.24, 2.45) is 17.8 Å². The first kappa shape index (κ1) is 35.0. The summed E-state index contributed by atoms with van der Waals surface area (Å²) in [5, 5.41) is 4.37. The lowest BCUT2D eigenvalue weighted by Crippen LogP contribution is -2.57. The van der Waals surface area contributed by atoms with Crippen LogP contribution >= 0.6 is 0 Å². The molecule has 0 radical (unpaired) electrons. The molecule has 1 saturated heterocycles. The van der Waals surface area contributed by atoms with Crippen LogP contribution in [0.25, 0.3) is 10.8 Å². The standard InChI is InChI=1S/C36H48N4O8S/c1-6-35(13-14-35)49(44,45)39-34(43)36-19-24(36)10-8-7-9-22(2)15-23(3)16-31(41)40-21-26(18-29(40)32(42)38-36)48-33-27-12-11-25(46-4)17-28(27)30(47-5)20-37-33/h8,10-12,17,20,22-24,26,29H,6-7,9,13-16,18-19,21H2,1-5H3,(H,38,42)(H,39,43)/b10-8-/t22-,23-,24-,26-,29+,36-/m1/s1. The Morgan fingerprint density at radius 3 is 2.57 bits per heavy atom. The van der Waals surface area contributed by atoms with Crippen molar-refractivity contribution in [1.82, 2.24) is 19.9 Å². The van der Waals surface area contributed by atoms with Gasteiger partial charge in [-0.2, -0.15) is 0 Å². The first-order chi connectivity index (χ1) is 23.3. The minimum absolute atomic E-state index is 0.103. The number of fused-ring (bicyclic) bond motifs is 3. The fraction of sp³-hybridized carbons (Fsp3) is 0.611. The van der Waals surface area contributed by atoms with E-state index in [9.17, 15) is 22.8 Å². The second kappa shape index (κ2) is 13.4. The molecule has 2 N–H and O–H groups in total. The molecule has 49 heavy (non-hydrogen) atoms. The highest BCUT2D eigenvalue weighted by atomic mass is 32.2. The number of ether oxygens (including phenoxy) is 3. The van der Waals surface area contributed by atoms with E-state index in [2.05, 4.69) is 28.9 Å². The Balaban J connectivity index is 1.29. The Morgan fingerprint density at radius 2 is 1.88 bits per heavy atom. The topological polar surface area (TPSA) is 153 Å². The highest BCUT2D eigenvalue weighted by Crippen LogP contribution is 2.49. The van der Waals surface area contributed by atoms with E-state index in [4.69, 9.17) is 14.2 Å². The number of pyridine rings is 1. The second-order valence-electron chi connectivity index (χ2n) is 14.5. The van der Waals surface area contributed by atoms with Crippen molar-refractivity contribution in [3.63, 3.8) is 0 Å². The van der Waals surface area contributed by atoms with Gasteiger partial charge < -0.3 is 24.4 Å². The molecule has 12 nitrogen and oxygen atoms in total. The molecule has 2 aliphatic carbocycles. The first-order valence-corrected chi connectivity index (χ1v) is 18.9. The number of hydrogen-bond acceptors (Lipinski definition) is 9. The van der Waals surface area contributed by atoms with E-state index in [-0.39, 0.29) is 43.6 Å². The van der Waals surface area contributed by atoms with Crippen molar-refractivity contribution in [3.8, 4) is 17.4 Å². The maximum absolute atomic E-state index is 14.2. The lowest BCUT2D eigenvalue weighted by atomic mass is 9.91. The summed E-state index contributed by atoms with van der Waals surface area (Å²) in [4.78, 5) is 47.9. The smallest absolute Gasteiger partial charge is 0.259 e. The van der Waals surface area contributed by atoms with Crippen molar-refractivity contribution in [2.45, 2.75) is 101 Å². The average Bonchev–Trinajstić information content (AvgIpc) is 3.97. The second-order valence-corrected chi connectivity index (χ2v) is 16.6. The number of allylic oxidation sites excluding steroid dienone is 1. The van der Waals surface area contributed by atoms with Crippen molar-refractivity contribution in [3.05, 3.63) is 36.5 Å². The van der Waals surface area contributed by atoms with Gasteiger partial charge in [-0.15, -0.1) is 0 Å². The molecule has 4 aliphatic rings. The van der Waals surface area contributed by atoms with Crippen LogP contribution in [0.1, 0.15) is 78.6 Å². The quantitative estimate of drug-likeness (QED) is 0.386. The number of sulfonamides is 1. The molecule has 3 heterocycles. The molecule has 13 heteroatoms. The SMILES string of the molecule is CCC1(S(=O)(=O)NC(=O)[C@@]23C[C@H]2/C=C\CC[C@@H](C)C[C@@H](C)CC(=O)N2C[C@H](Oc4ncc(OC)c5cc(OC)ccc45)C[C@H]2C(=O)N3)CC1. The van der Waals surface area contributed by atoms with Crippen LogP contribution in [0, 0.1) is 17.8 Å². The summed E-state index contributed by atoms with van der Waals surface area (Å²) in [6, 6.07) is 4.53. The molecule has 2 saturated carbocycles. The van der Waals surface area contributed by atoms with Crippen molar-refractivity contribution in [2.75, 3.05) is 20.8 Å². The third-order valence-electron chi connectivity index (χ3n) is 10.9. The van der Waals surface area contributed by atoms with Crippen molar-refractivity contribution in [1.29, 1.82) is 0 Å². The number of amides is 3. The molecule has 0 spiro atoms. The Labute approximate surface area is 288 Å². The zero-order valence-corrected chi connectivity index (χ0v) is 29.8. The zero-order valence-electron chi connectivity index (χ0n) is 29.0. The van der Waals surface area contributed by atoms with Gasteiger partial charge in [0.15, 0.2) is 0 Å². The van der Waals surface area contributed by atoms with E-state index in [1.165, 1.54) is 0 Å². The van der Waals surface area contributed by atoms with Gasteiger partial charge >= 0.3 is 0 Å². The van der Waals surface area contributed by atoms with Gasteiger partial charge in [0.05, 0.1) is 31.7 Å². The number of carbonyl (C=O) groups excluding carboxylic acids is 3. The number of methoxy groups -OCH3 is 2. The molecule has 6 rings (SSSR count). The third kappa shape index (κ3) is 6.82. The lowest BCUT2D eigenvalue weighted by Gasteiger charge is -2.28. The number of hydrogen-bond donors (Lipinski definition) is 2. The predicted octanol–water partition coefficient (Wildman–Crippen LogP) is 4.27. The summed E-state index contributed by atoms with van der Waals surface area (Å²) in [5.74, 6) is 0.227. The Hall–Kier alpha value is -3.87. The predicted molar refractivity (Wildman–Crippen MR) is 184 cm³/mol. The molecule has 2 aliphatic heterocycles. The third-order valence-corrected chi connectivity index (χ3v) is 13.2. The van der Waals surface area contributed by atoms with Crippen molar-refractivity contribution < 1.29 is 37.0 Å². The number of rotatable bonds is 8. The van der Waals surface area contributed by atoms with E-state index in [1.807, 2.05) is 24.3 Å². The Kier molecular flexibility index (Phi) is 9.60. The lowest BCUT2D eigenvalue weighted by molar-refractivity contribution is -0.140. The number of aromatic nitrogens is 1. The Morgan fingerprint density at radius 1 is 1.10 bits per heavy atom. The summed E-state index contributed by atoms with van der Waals surface area (Å²) in [6.07, 6.45) is 9.62. The molecule has 0 bridgehead atoms. The molecular formula is C36H48N4O8S. The van der Waals surface area contributed by atoms with E-state index >= 15 is 0 Å². The molecule has 266 valence electrons. The summed E-state index contributed by atoms with van der Waals surface area (Å²) in [5.41, 5.74) is -1.43. The minimum atomic E-state index is -3.94. The van der Waals surface area contributed by atoms with Crippen LogP contribution in [0.3, 0.4) is 0 Å². The van der Waals surface area contributed by atoms with Crippen LogP contribution in [-0.2, 0) is 24.4 Å². The molecule has 1 aromatic heterocycles. The van der Waals surface area contributed by atoms with Crippen LogP contribution in [-0.4, -0.2) is 79.2 Å². The first-order valence-electron chi connectivity index (χ1n) is 17.4. The highest BCUT2D eigenvalue weighted by Gasteiger charge is 2.63. The molecule has 3 amide bonds. The molecular weight excluding hydrogens is 648 g/mol. The van der Waals surface area contributed by atoms with E-state index in [0.29, 0.717) is 47.9 Å². The monoisotopic (exact) mass is 696 g/mol. The molecule has 1 aromatic carbocycles. The Bertz CT molecular complexity index is 1760. The maximum atomic E-state index is 14.2. The summed E-state index contributed by atoms with van der Waals surface area (Å²) >= 11 is 0. The minimum Gasteiger partial charge on any atom is -0.497 e. The van der Waals surface area contributed by atoms with Gasteiger partial charge in [-0.3, -0.25) is 19.1 Å². The van der Waals surface area contributed by atoms with Crippen LogP contribution < -0.4 is 24.2 Å². The van der Waals surface area contributed by atoms with Gasteiger partial charge in [0.25, 0.3) is 5.91 Å². The number of nitrogens with one attached hydrogen (secondary N) is 2. The largest absolute Gasteiger partial charge is 0.497 e. The number of carbonyl (C=O) groups is 3. The van der Waals surface area contributed by atoms with Crippen LogP contribution in [0.5, 0.6) is 17.4 Å². The number of nitrogens with zero attached hydrogens (tertiary/aromatic N) is 2. The molecule has 6 atom stereocenters. The van der Waals surface area contributed by atoms with Gasteiger partial charge in [0.2, 0.25) is 27.7 Å².